The number of nitrogens with zero attached hydrogens (tertiary/aromatic N) is 3. The first kappa shape index (κ1) is 14.8. The molecule has 1 aliphatic carbocycles. The number of hydrogen-bond donors (Lipinski definition) is 0. The van der Waals surface area contributed by atoms with Gasteiger partial charge in [-0.15, -0.1) is 0 Å². The Morgan fingerprint density at radius 3 is 2.87 bits per heavy atom. The Balaban J connectivity index is 1.39. The normalized spacial score (nSPS) is 26.7. The molecule has 2 aliphatic rings. The molecule has 0 spiro atoms. The second kappa shape index (κ2) is 6.38. The summed E-state index contributed by atoms with van der Waals surface area (Å²) in [6, 6.07) is 12.8. The van der Waals surface area contributed by atoms with Crippen molar-refractivity contribution in [2.45, 2.75) is 45.1 Å². The highest BCUT2D eigenvalue weighted by Crippen LogP contribution is 2.40. The maximum absolute atomic E-state index is 6.24. The lowest BCUT2D eigenvalue weighted by molar-refractivity contribution is 0.0137. The number of aryl methyl sites for hydroxylation is 1. The van der Waals surface area contributed by atoms with Gasteiger partial charge in [-0.2, -0.15) is 0 Å². The van der Waals surface area contributed by atoms with E-state index in [1.54, 1.807) is 0 Å². The Bertz CT molecular complexity index is 661. The van der Waals surface area contributed by atoms with Crippen molar-refractivity contribution in [2.24, 2.45) is 5.92 Å². The van der Waals surface area contributed by atoms with Gasteiger partial charge in [-0.25, -0.2) is 0 Å². The minimum absolute atomic E-state index is 0.349. The first-order valence-electron chi connectivity index (χ1n) is 8.48. The van der Waals surface area contributed by atoms with Crippen LogP contribution in [0, 0.1) is 12.8 Å². The van der Waals surface area contributed by atoms with Gasteiger partial charge in [0.25, 0.3) is 0 Å². The number of rotatable bonds is 5. The van der Waals surface area contributed by atoms with Crippen LogP contribution in [-0.2, 0) is 17.9 Å². The zero-order chi connectivity index (χ0) is 15.6. The van der Waals surface area contributed by atoms with Crippen LogP contribution in [0.15, 0.2) is 42.6 Å². The molecule has 3 atom stereocenters. The van der Waals surface area contributed by atoms with Crippen molar-refractivity contribution >= 4 is 0 Å². The van der Waals surface area contributed by atoms with Crippen molar-refractivity contribution in [1.82, 2.24) is 14.9 Å². The molecule has 0 N–H and O–H groups in total. The standard InChI is InChI=1S/C19H23N3O/c1-14-5-4-7-16(21-14)12-22-11-15-8-9-18(22)19(15)23-13-17-6-2-3-10-20-17/h2-7,10,15,18-19H,8-9,11-13H2,1H3/t15-,18+,19-/m1/s1. The van der Waals surface area contributed by atoms with Crippen LogP contribution in [0.3, 0.4) is 0 Å². The SMILES string of the molecule is Cc1cccc(CN2C[C@H]3CC[C@H]2[C@@H]3OCc2ccccn2)n1. The number of piperidine rings is 1. The number of likely N-dealkylation sites (tertiary alicyclic amines) is 1. The average Bonchev–Trinajstić information content (AvgIpc) is 3.10. The summed E-state index contributed by atoms with van der Waals surface area (Å²) in [5.74, 6) is 0.661. The highest BCUT2D eigenvalue weighted by molar-refractivity contribution is 5.12. The Morgan fingerprint density at radius 1 is 1.13 bits per heavy atom. The summed E-state index contributed by atoms with van der Waals surface area (Å²) in [6.07, 6.45) is 4.71. The predicted molar refractivity (Wildman–Crippen MR) is 88.7 cm³/mol. The molecule has 0 aromatic carbocycles. The van der Waals surface area contributed by atoms with Crippen molar-refractivity contribution < 1.29 is 4.74 Å². The molecule has 1 aliphatic heterocycles. The topological polar surface area (TPSA) is 38.2 Å². The molecule has 2 aromatic rings. The Kier molecular flexibility index (Phi) is 4.10. The number of aromatic nitrogens is 2. The van der Waals surface area contributed by atoms with Gasteiger partial charge in [-0.1, -0.05) is 12.1 Å². The maximum Gasteiger partial charge on any atom is 0.0892 e. The third-order valence-corrected chi connectivity index (χ3v) is 5.08. The molecule has 4 heteroatoms. The van der Waals surface area contributed by atoms with Crippen molar-refractivity contribution in [2.75, 3.05) is 6.54 Å². The number of fused-ring (bicyclic) bond motifs is 2. The predicted octanol–water partition coefficient (Wildman–Crippen LogP) is 2.96. The van der Waals surface area contributed by atoms with Crippen molar-refractivity contribution in [3.05, 3.63) is 59.7 Å². The minimum Gasteiger partial charge on any atom is -0.370 e. The van der Waals surface area contributed by atoms with Crippen LogP contribution < -0.4 is 0 Å². The molecule has 23 heavy (non-hydrogen) atoms. The van der Waals surface area contributed by atoms with Crippen LogP contribution in [0.4, 0.5) is 0 Å². The molecule has 4 nitrogen and oxygen atoms in total. The maximum atomic E-state index is 6.24. The van der Waals surface area contributed by atoms with Gasteiger partial charge in [0.15, 0.2) is 0 Å². The molecule has 4 rings (SSSR count). The lowest BCUT2D eigenvalue weighted by Gasteiger charge is -2.26. The summed E-state index contributed by atoms with van der Waals surface area (Å²) in [5, 5.41) is 0. The number of ether oxygens (including phenoxy) is 1. The summed E-state index contributed by atoms with van der Waals surface area (Å²) < 4.78 is 6.24. The molecule has 1 saturated carbocycles. The van der Waals surface area contributed by atoms with Crippen molar-refractivity contribution in [1.29, 1.82) is 0 Å². The van der Waals surface area contributed by atoms with Crippen LogP contribution in [0.2, 0.25) is 0 Å². The fourth-order valence-corrected chi connectivity index (χ4v) is 4.04. The second-order valence-electron chi connectivity index (χ2n) is 6.70. The van der Waals surface area contributed by atoms with Gasteiger partial charge in [0.05, 0.1) is 24.1 Å². The molecule has 2 aromatic heterocycles. The molecular formula is C19H23N3O. The molecule has 0 amide bonds. The zero-order valence-electron chi connectivity index (χ0n) is 13.6. The molecule has 120 valence electrons. The highest BCUT2D eigenvalue weighted by atomic mass is 16.5. The van der Waals surface area contributed by atoms with E-state index < -0.39 is 0 Å². The summed E-state index contributed by atoms with van der Waals surface area (Å²) >= 11 is 0. The molecule has 0 radical (unpaired) electrons. The van der Waals surface area contributed by atoms with Gasteiger partial charge in [0.2, 0.25) is 0 Å². The quantitative estimate of drug-likeness (QED) is 0.851. The van der Waals surface area contributed by atoms with Crippen LogP contribution in [-0.4, -0.2) is 33.6 Å². The van der Waals surface area contributed by atoms with E-state index in [2.05, 4.69) is 40.0 Å². The number of pyridine rings is 2. The summed E-state index contributed by atoms with van der Waals surface area (Å²) in [5.41, 5.74) is 3.28. The van der Waals surface area contributed by atoms with Gasteiger partial charge < -0.3 is 4.74 Å². The van der Waals surface area contributed by atoms with E-state index >= 15 is 0 Å². The van der Waals surface area contributed by atoms with E-state index in [4.69, 9.17) is 4.74 Å². The lowest BCUT2D eigenvalue weighted by atomic mass is 10.1. The Hall–Kier alpha value is -1.78. The lowest BCUT2D eigenvalue weighted by Crippen LogP contribution is -2.35. The first-order valence-corrected chi connectivity index (χ1v) is 8.48. The molecule has 1 saturated heterocycles. The number of hydrogen-bond acceptors (Lipinski definition) is 4. The van der Waals surface area contributed by atoms with E-state index in [0.717, 1.165) is 24.5 Å². The minimum atomic E-state index is 0.349. The van der Waals surface area contributed by atoms with Gasteiger partial charge in [0.1, 0.15) is 0 Å². The van der Waals surface area contributed by atoms with Gasteiger partial charge in [-0.05, 0) is 49.9 Å². The van der Waals surface area contributed by atoms with Crippen LogP contribution in [0.1, 0.15) is 29.9 Å². The fourth-order valence-electron chi connectivity index (χ4n) is 4.04. The van der Waals surface area contributed by atoms with E-state index in [1.165, 1.54) is 18.5 Å². The molecule has 2 bridgehead atoms. The van der Waals surface area contributed by atoms with Gasteiger partial charge in [-0.3, -0.25) is 14.9 Å². The Morgan fingerprint density at radius 2 is 2.04 bits per heavy atom. The molecule has 0 unspecified atom stereocenters. The van der Waals surface area contributed by atoms with Crippen LogP contribution in [0.25, 0.3) is 0 Å². The largest absolute Gasteiger partial charge is 0.370 e. The Labute approximate surface area is 137 Å². The smallest absolute Gasteiger partial charge is 0.0892 e. The van der Waals surface area contributed by atoms with E-state index in [1.807, 2.05) is 24.4 Å². The third-order valence-electron chi connectivity index (χ3n) is 5.08. The average molecular weight is 309 g/mol. The van der Waals surface area contributed by atoms with Crippen LogP contribution in [0.5, 0.6) is 0 Å². The summed E-state index contributed by atoms with van der Waals surface area (Å²) in [7, 11) is 0. The molecule has 2 fully saturated rings. The molecule has 3 heterocycles. The third kappa shape index (κ3) is 3.14. The van der Waals surface area contributed by atoms with Gasteiger partial charge >= 0.3 is 0 Å². The van der Waals surface area contributed by atoms with Crippen LogP contribution >= 0.6 is 0 Å². The summed E-state index contributed by atoms with van der Waals surface area (Å²) in [6.45, 7) is 4.74. The first-order chi connectivity index (χ1) is 11.3. The van der Waals surface area contributed by atoms with E-state index in [9.17, 15) is 0 Å². The summed E-state index contributed by atoms with van der Waals surface area (Å²) in [4.78, 5) is 11.6. The zero-order valence-corrected chi connectivity index (χ0v) is 13.6. The molecular weight excluding hydrogens is 286 g/mol. The van der Waals surface area contributed by atoms with Crippen molar-refractivity contribution in [3.63, 3.8) is 0 Å². The second-order valence-corrected chi connectivity index (χ2v) is 6.70. The van der Waals surface area contributed by atoms with Gasteiger partial charge in [0, 0.05) is 31.0 Å². The van der Waals surface area contributed by atoms with Crippen molar-refractivity contribution in [3.8, 4) is 0 Å². The van der Waals surface area contributed by atoms with E-state index in [0.29, 0.717) is 24.7 Å². The highest BCUT2D eigenvalue weighted by Gasteiger charge is 2.47. The monoisotopic (exact) mass is 309 g/mol. The van der Waals surface area contributed by atoms with E-state index in [-0.39, 0.29) is 0 Å². The fraction of sp³-hybridized carbons (Fsp3) is 0.474.